The first-order valence-electron chi connectivity index (χ1n) is 9.31. The Kier molecular flexibility index (Phi) is 7.55. The highest BCUT2D eigenvalue weighted by Crippen LogP contribution is 2.20. The molecule has 0 aliphatic carbocycles. The third-order valence-electron chi connectivity index (χ3n) is 4.12. The average molecular weight is 452 g/mol. The van der Waals surface area contributed by atoms with Gasteiger partial charge in [0.15, 0.2) is 0 Å². The third-order valence-corrected chi connectivity index (χ3v) is 4.45. The molecule has 2 amide bonds. The first-order chi connectivity index (χ1) is 15.5. The summed E-state index contributed by atoms with van der Waals surface area (Å²) < 4.78 is 10.4. The van der Waals surface area contributed by atoms with Gasteiger partial charge in [0.05, 0.1) is 29.6 Å². The van der Waals surface area contributed by atoms with Gasteiger partial charge in [-0.25, -0.2) is 10.2 Å². The summed E-state index contributed by atoms with van der Waals surface area (Å²) in [5, 5.41) is 6.45. The van der Waals surface area contributed by atoms with E-state index in [2.05, 4.69) is 15.8 Å². The summed E-state index contributed by atoms with van der Waals surface area (Å²) in [6.07, 6.45) is 1.34. The molecular formula is C23H18ClN3O5. The van der Waals surface area contributed by atoms with Crippen molar-refractivity contribution in [1.82, 2.24) is 5.43 Å². The van der Waals surface area contributed by atoms with E-state index in [4.69, 9.17) is 21.1 Å². The molecule has 3 rings (SSSR count). The maximum Gasteiger partial charge on any atom is 0.343 e. The van der Waals surface area contributed by atoms with Gasteiger partial charge in [-0.2, -0.15) is 5.10 Å². The van der Waals surface area contributed by atoms with Crippen LogP contribution in [0, 0.1) is 0 Å². The molecule has 2 N–H and O–H groups in total. The number of amides is 2. The highest BCUT2D eigenvalue weighted by atomic mass is 35.5. The van der Waals surface area contributed by atoms with E-state index in [0.29, 0.717) is 33.3 Å². The van der Waals surface area contributed by atoms with E-state index >= 15 is 0 Å². The van der Waals surface area contributed by atoms with E-state index in [1.807, 2.05) is 0 Å². The minimum atomic E-state index is -0.953. The smallest absolute Gasteiger partial charge is 0.343 e. The van der Waals surface area contributed by atoms with Gasteiger partial charge < -0.3 is 14.8 Å². The van der Waals surface area contributed by atoms with Crippen molar-refractivity contribution in [2.24, 2.45) is 5.10 Å². The Bertz CT molecular complexity index is 1150. The van der Waals surface area contributed by atoms with Crippen molar-refractivity contribution in [2.75, 3.05) is 12.4 Å². The van der Waals surface area contributed by atoms with Crippen molar-refractivity contribution in [3.63, 3.8) is 0 Å². The number of benzene rings is 3. The Morgan fingerprint density at radius 1 is 0.875 bits per heavy atom. The number of rotatable bonds is 6. The second-order valence-corrected chi connectivity index (χ2v) is 6.73. The Labute approximate surface area is 188 Å². The minimum Gasteiger partial charge on any atom is -0.497 e. The number of hydrogen-bond acceptors (Lipinski definition) is 6. The molecule has 3 aromatic carbocycles. The zero-order valence-corrected chi connectivity index (χ0v) is 17.6. The summed E-state index contributed by atoms with van der Waals surface area (Å²) in [6.45, 7) is 0. The Morgan fingerprint density at radius 2 is 1.53 bits per heavy atom. The van der Waals surface area contributed by atoms with Gasteiger partial charge in [0.2, 0.25) is 0 Å². The summed E-state index contributed by atoms with van der Waals surface area (Å²) in [5.74, 6) is -1.39. The predicted molar refractivity (Wildman–Crippen MR) is 120 cm³/mol. The van der Waals surface area contributed by atoms with Crippen molar-refractivity contribution < 1.29 is 23.9 Å². The van der Waals surface area contributed by atoms with Gasteiger partial charge in [0, 0.05) is 0 Å². The van der Waals surface area contributed by atoms with Gasteiger partial charge in [-0.15, -0.1) is 0 Å². The van der Waals surface area contributed by atoms with Gasteiger partial charge in [-0.1, -0.05) is 23.7 Å². The Morgan fingerprint density at radius 3 is 2.19 bits per heavy atom. The summed E-state index contributed by atoms with van der Waals surface area (Å²) in [5.41, 5.74) is 3.44. The molecule has 9 heteroatoms. The lowest BCUT2D eigenvalue weighted by Crippen LogP contribution is -2.32. The van der Waals surface area contributed by atoms with Crippen LogP contribution in [0.25, 0.3) is 0 Å². The maximum absolute atomic E-state index is 12.2. The van der Waals surface area contributed by atoms with Crippen molar-refractivity contribution in [3.05, 3.63) is 88.9 Å². The fraction of sp³-hybridized carbons (Fsp3) is 0.0435. The largest absolute Gasteiger partial charge is 0.497 e. The lowest BCUT2D eigenvalue weighted by atomic mass is 10.2. The summed E-state index contributed by atoms with van der Waals surface area (Å²) in [6, 6.07) is 19.5. The Balaban J connectivity index is 1.51. The molecule has 0 saturated carbocycles. The lowest BCUT2D eigenvalue weighted by molar-refractivity contribution is -0.136. The molecule has 162 valence electrons. The topological polar surface area (TPSA) is 106 Å². The fourth-order valence-corrected chi connectivity index (χ4v) is 2.66. The van der Waals surface area contributed by atoms with E-state index in [1.165, 1.54) is 6.21 Å². The number of anilines is 1. The first-order valence-corrected chi connectivity index (χ1v) is 9.69. The molecule has 0 aliphatic heterocycles. The standard InChI is InChI=1S/C23H18ClN3O5/c1-31-17-12-8-16(9-13-17)23(30)32-18-10-6-15(7-11-18)14-25-27-22(29)21(28)26-20-5-3-2-4-19(20)24/h2-14H,1H3,(H,26,28)(H,27,29)/b25-14+. The number of carbonyl (C=O) groups excluding carboxylic acids is 3. The molecule has 0 fully saturated rings. The van der Waals surface area contributed by atoms with Gasteiger partial charge in [0.1, 0.15) is 11.5 Å². The minimum absolute atomic E-state index is 0.310. The summed E-state index contributed by atoms with van der Waals surface area (Å²) in [4.78, 5) is 35.9. The van der Waals surface area contributed by atoms with E-state index in [0.717, 1.165) is 0 Å². The normalized spacial score (nSPS) is 10.4. The molecule has 0 spiro atoms. The number of nitrogens with zero attached hydrogens (tertiary/aromatic N) is 1. The quantitative estimate of drug-likeness (QED) is 0.195. The van der Waals surface area contributed by atoms with Crippen molar-refractivity contribution in [1.29, 1.82) is 0 Å². The monoisotopic (exact) mass is 451 g/mol. The SMILES string of the molecule is COc1ccc(C(=O)Oc2ccc(/C=N/NC(=O)C(=O)Nc3ccccc3Cl)cc2)cc1. The zero-order valence-electron chi connectivity index (χ0n) is 16.9. The van der Waals surface area contributed by atoms with Crippen LogP contribution >= 0.6 is 11.6 Å². The molecule has 32 heavy (non-hydrogen) atoms. The van der Waals surface area contributed by atoms with Crippen LogP contribution in [0.3, 0.4) is 0 Å². The van der Waals surface area contributed by atoms with Crippen LogP contribution in [-0.4, -0.2) is 31.1 Å². The van der Waals surface area contributed by atoms with Gasteiger partial charge in [0.25, 0.3) is 0 Å². The lowest BCUT2D eigenvalue weighted by Gasteiger charge is -2.06. The molecule has 0 saturated heterocycles. The number of methoxy groups -OCH3 is 1. The Hall–Kier alpha value is -4.17. The maximum atomic E-state index is 12.2. The third kappa shape index (κ3) is 6.16. The molecular weight excluding hydrogens is 434 g/mol. The zero-order chi connectivity index (χ0) is 22.9. The van der Waals surface area contributed by atoms with Crippen LogP contribution in [0.4, 0.5) is 5.69 Å². The van der Waals surface area contributed by atoms with E-state index in [9.17, 15) is 14.4 Å². The highest BCUT2D eigenvalue weighted by Gasteiger charge is 2.14. The molecule has 0 atom stereocenters. The van der Waals surface area contributed by atoms with Crippen LogP contribution in [0.5, 0.6) is 11.5 Å². The molecule has 0 aromatic heterocycles. The van der Waals surface area contributed by atoms with Gasteiger partial charge in [-0.05, 0) is 66.2 Å². The van der Waals surface area contributed by atoms with Crippen LogP contribution in [-0.2, 0) is 9.59 Å². The molecule has 0 unspecified atom stereocenters. The molecule has 8 nitrogen and oxygen atoms in total. The van der Waals surface area contributed by atoms with Crippen LogP contribution < -0.4 is 20.2 Å². The van der Waals surface area contributed by atoms with Crippen molar-refractivity contribution >= 4 is 41.3 Å². The molecule has 0 bridgehead atoms. The van der Waals surface area contributed by atoms with Crippen molar-refractivity contribution in [3.8, 4) is 11.5 Å². The number of hydrogen-bond donors (Lipinski definition) is 2. The number of para-hydroxylation sites is 1. The molecule has 0 aliphatic rings. The second kappa shape index (κ2) is 10.7. The molecule has 0 heterocycles. The summed E-state index contributed by atoms with van der Waals surface area (Å²) >= 11 is 5.94. The van der Waals surface area contributed by atoms with E-state index in [1.54, 1.807) is 79.9 Å². The number of halogens is 1. The van der Waals surface area contributed by atoms with Crippen LogP contribution in [0.1, 0.15) is 15.9 Å². The molecule has 3 aromatic rings. The number of ether oxygens (including phenoxy) is 2. The van der Waals surface area contributed by atoms with Gasteiger partial charge in [-0.3, -0.25) is 9.59 Å². The second-order valence-electron chi connectivity index (χ2n) is 6.32. The van der Waals surface area contributed by atoms with E-state index in [-0.39, 0.29) is 0 Å². The molecule has 0 radical (unpaired) electrons. The van der Waals surface area contributed by atoms with Crippen LogP contribution in [0.15, 0.2) is 77.9 Å². The highest BCUT2D eigenvalue weighted by molar-refractivity contribution is 6.41. The van der Waals surface area contributed by atoms with Gasteiger partial charge >= 0.3 is 17.8 Å². The first kappa shape index (κ1) is 22.5. The predicted octanol–water partition coefficient (Wildman–Crippen LogP) is 3.66. The fourth-order valence-electron chi connectivity index (χ4n) is 2.47. The average Bonchev–Trinajstić information content (AvgIpc) is 2.81. The number of hydrazone groups is 1. The number of nitrogens with one attached hydrogen (secondary N) is 2. The van der Waals surface area contributed by atoms with Crippen molar-refractivity contribution in [2.45, 2.75) is 0 Å². The number of carbonyl (C=O) groups is 3. The van der Waals surface area contributed by atoms with E-state index < -0.39 is 17.8 Å². The number of esters is 1. The summed E-state index contributed by atoms with van der Waals surface area (Å²) in [7, 11) is 1.54. The van der Waals surface area contributed by atoms with Crippen LogP contribution in [0.2, 0.25) is 5.02 Å².